The summed E-state index contributed by atoms with van der Waals surface area (Å²) in [6.45, 7) is 2.45. The van der Waals surface area contributed by atoms with E-state index in [9.17, 15) is 4.79 Å². The van der Waals surface area contributed by atoms with Crippen LogP contribution in [0.25, 0.3) is 0 Å². The van der Waals surface area contributed by atoms with Gasteiger partial charge < -0.3 is 20.5 Å². The van der Waals surface area contributed by atoms with Gasteiger partial charge in [0.05, 0.1) is 19.4 Å². The lowest BCUT2D eigenvalue weighted by Crippen LogP contribution is -2.23. The lowest BCUT2D eigenvalue weighted by molar-refractivity contribution is -0.119. The molecule has 1 saturated carbocycles. The number of nitrogens with one attached hydrogen (secondary N) is 1. The molecular formula is C15H22N2O3. The molecule has 0 heterocycles. The summed E-state index contributed by atoms with van der Waals surface area (Å²) in [4.78, 5) is 12.3. The van der Waals surface area contributed by atoms with Gasteiger partial charge in [-0.25, -0.2) is 0 Å². The molecule has 5 nitrogen and oxygen atoms in total. The van der Waals surface area contributed by atoms with Gasteiger partial charge in [-0.05, 0) is 38.3 Å². The number of hydrogen-bond donors (Lipinski definition) is 2. The highest BCUT2D eigenvalue weighted by Gasteiger charge is 2.28. The van der Waals surface area contributed by atoms with Gasteiger partial charge in [-0.3, -0.25) is 4.79 Å². The number of methoxy groups -OCH3 is 1. The van der Waals surface area contributed by atoms with E-state index in [4.69, 9.17) is 15.2 Å². The van der Waals surface area contributed by atoms with Crippen LogP contribution in [0.3, 0.4) is 0 Å². The Hall–Kier alpha value is -1.75. The number of amides is 1. The van der Waals surface area contributed by atoms with Gasteiger partial charge in [-0.1, -0.05) is 0 Å². The summed E-state index contributed by atoms with van der Waals surface area (Å²) in [5.74, 6) is 1.34. The minimum Gasteiger partial charge on any atom is -0.497 e. The maximum atomic E-state index is 12.3. The van der Waals surface area contributed by atoms with E-state index >= 15 is 0 Å². The van der Waals surface area contributed by atoms with Gasteiger partial charge in [0.1, 0.15) is 11.5 Å². The Morgan fingerprint density at radius 1 is 1.45 bits per heavy atom. The molecule has 1 aromatic carbocycles. The predicted molar refractivity (Wildman–Crippen MR) is 78.1 cm³/mol. The predicted octanol–water partition coefficient (Wildman–Crippen LogP) is 2.16. The highest BCUT2D eigenvalue weighted by atomic mass is 16.5. The first-order valence-corrected chi connectivity index (χ1v) is 7.01. The smallest absolute Gasteiger partial charge is 0.227 e. The molecule has 0 aliphatic heterocycles. The SMILES string of the molecule is CCOc1ccc(OC)cc1NC(=O)C1CCC(N)C1. The van der Waals surface area contributed by atoms with Crippen LogP contribution in [0.4, 0.5) is 5.69 Å². The van der Waals surface area contributed by atoms with Crippen LogP contribution >= 0.6 is 0 Å². The number of anilines is 1. The summed E-state index contributed by atoms with van der Waals surface area (Å²) in [5.41, 5.74) is 6.50. The molecule has 0 aromatic heterocycles. The summed E-state index contributed by atoms with van der Waals surface area (Å²) in [6, 6.07) is 5.53. The topological polar surface area (TPSA) is 73.6 Å². The van der Waals surface area contributed by atoms with E-state index in [1.165, 1.54) is 0 Å². The quantitative estimate of drug-likeness (QED) is 0.865. The van der Waals surface area contributed by atoms with Gasteiger partial charge in [0.2, 0.25) is 5.91 Å². The van der Waals surface area contributed by atoms with Crippen molar-refractivity contribution in [1.82, 2.24) is 0 Å². The molecule has 1 amide bonds. The highest BCUT2D eigenvalue weighted by Crippen LogP contribution is 2.31. The van der Waals surface area contributed by atoms with E-state index in [0.717, 1.165) is 19.3 Å². The van der Waals surface area contributed by atoms with Gasteiger partial charge in [0.15, 0.2) is 0 Å². The second kappa shape index (κ2) is 6.61. The zero-order valence-corrected chi connectivity index (χ0v) is 12.0. The molecule has 0 spiro atoms. The van der Waals surface area contributed by atoms with Crippen LogP contribution in [0.15, 0.2) is 18.2 Å². The minimum absolute atomic E-state index is 0.00663. The lowest BCUT2D eigenvalue weighted by atomic mass is 10.1. The molecule has 2 atom stereocenters. The average molecular weight is 278 g/mol. The Labute approximate surface area is 119 Å². The number of ether oxygens (including phenoxy) is 2. The van der Waals surface area contributed by atoms with Crippen LogP contribution in [0.5, 0.6) is 11.5 Å². The summed E-state index contributed by atoms with van der Waals surface area (Å²) < 4.78 is 10.7. The molecule has 0 bridgehead atoms. The molecule has 1 aromatic rings. The van der Waals surface area contributed by atoms with Crippen molar-refractivity contribution in [2.75, 3.05) is 19.0 Å². The van der Waals surface area contributed by atoms with E-state index in [0.29, 0.717) is 23.8 Å². The third kappa shape index (κ3) is 3.42. The van der Waals surface area contributed by atoms with Crippen LogP contribution in [-0.2, 0) is 4.79 Å². The molecule has 0 saturated heterocycles. The second-order valence-electron chi connectivity index (χ2n) is 5.05. The molecular weight excluding hydrogens is 256 g/mol. The summed E-state index contributed by atoms with van der Waals surface area (Å²) in [5, 5.41) is 2.93. The molecule has 5 heteroatoms. The normalized spacial score (nSPS) is 21.6. The first-order valence-electron chi connectivity index (χ1n) is 7.01. The fraction of sp³-hybridized carbons (Fsp3) is 0.533. The van der Waals surface area contributed by atoms with Crippen molar-refractivity contribution < 1.29 is 14.3 Å². The number of nitrogens with two attached hydrogens (primary N) is 1. The van der Waals surface area contributed by atoms with E-state index in [2.05, 4.69) is 5.32 Å². The number of carbonyl (C=O) groups is 1. The monoisotopic (exact) mass is 278 g/mol. The van der Waals surface area contributed by atoms with Crippen molar-refractivity contribution in [1.29, 1.82) is 0 Å². The zero-order valence-electron chi connectivity index (χ0n) is 12.0. The van der Waals surface area contributed by atoms with Crippen molar-refractivity contribution in [3.05, 3.63) is 18.2 Å². The molecule has 3 N–H and O–H groups in total. The molecule has 1 fully saturated rings. The average Bonchev–Trinajstić information content (AvgIpc) is 2.87. The fourth-order valence-electron chi connectivity index (χ4n) is 2.50. The van der Waals surface area contributed by atoms with Gasteiger partial charge >= 0.3 is 0 Å². The van der Waals surface area contributed by atoms with Crippen LogP contribution < -0.4 is 20.5 Å². The molecule has 1 aliphatic rings. The Morgan fingerprint density at radius 3 is 2.85 bits per heavy atom. The third-order valence-corrected chi connectivity index (χ3v) is 3.59. The van der Waals surface area contributed by atoms with E-state index in [-0.39, 0.29) is 17.9 Å². The molecule has 2 unspecified atom stereocenters. The van der Waals surface area contributed by atoms with E-state index in [1.807, 2.05) is 13.0 Å². The van der Waals surface area contributed by atoms with Crippen molar-refractivity contribution >= 4 is 11.6 Å². The first-order chi connectivity index (χ1) is 9.63. The number of benzene rings is 1. The second-order valence-corrected chi connectivity index (χ2v) is 5.05. The van der Waals surface area contributed by atoms with Gasteiger partial charge in [0, 0.05) is 18.0 Å². The molecule has 2 rings (SSSR count). The molecule has 20 heavy (non-hydrogen) atoms. The number of rotatable bonds is 5. The Kier molecular flexibility index (Phi) is 4.84. The molecule has 1 aliphatic carbocycles. The van der Waals surface area contributed by atoms with Crippen molar-refractivity contribution in [3.8, 4) is 11.5 Å². The number of carbonyl (C=O) groups excluding carboxylic acids is 1. The van der Waals surface area contributed by atoms with E-state index < -0.39 is 0 Å². The minimum atomic E-state index is -0.00863. The maximum Gasteiger partial charge on any atom is 0.227 e. The van der Waals surface area contributed by atoms with Gasteiger partial charge in [0.25, 0.3) is 0 Å². The Balaban J connectivity index is 2.11. The maximum absolute atomic E-state index is 12.3. The molecule has 110 valence electrons. The van der Waals surface area contributed by atoms with Crippen molar-refractivity contribution in [2.24, 2.45) is 11.7 Å². The molecule has 0 radical (unpaired) electrons. The van der Waals surface area contributed by atoms with Crippen molar-refractivity contribution in [2.45, 2.75) is 32.2 Å². The zero-order chi connectivity index (χ0) is 14.5. The number of hydrogen-bond acceptors (Lipinski definition) is 4. The van der Waals surface area contributed by atoms with Crippen LogP contribution in [0.1, 0.15) is 26.2 Å². The highest BCUT2D eigenvalue weighted by molar-refractivity contribution is 5.94. The fourth-order valence-corrected chi connectivity index (χ4v) is 2.50. The third-order valence-electron chi connectivity index (χ3n) is 3.59. The Morgan fingerprint density at radius 2 is 2.25 bits per heavy atom. The van der Waals surface area contributed by atoms with Crippen LogP contribution in [0.2, 0.25) is 0 Å². The van der Waals surface area contributed by atoms with Crippen LogP contribution in [-0.4, -0.2) is 25.7 Å². The summed E-state index contributed by atoms with van der Waals surface area (Å²) >= 11 is 0. The van der Waals surface area contributed by atoms with Gasteiger partial charge in [-0.2, -0.15) is 0 Å². The Bertz CT molecular complexity index is 476. The lowest BCUT2D eigenvalue weighted by Gasteiger charge is -2.15. The summed E-state index contributed by atoms with van der Waals surface area (Å²) in [6.07, 6.45) is 2.51. The van der Waals surface area contributed by atoms with Crippen LogP contribution in [0, 0.1) is 5.92 Å². The standard InChI is InChI=1S/C15H22N2O3/c1-3-20-14-7-6-12(19-2)9-13(14)17-15(18)10-4-5-11(16)8-10/h6-7,9-11H,3-5,8,16H2,1-2H3,(H,17,18). The van der Waals surface area contributed by atoms with E-state index in [1.54, 1.807) is 19.2 Å². The summed E-state index contributed by atoms with van der Waals surface area (Å²) in [7, 11) is 1.59. The first kappa shape index (κ1) is 14.7. The van der Waals surface area contributed by atoms with Crippen molar-refractivity contribution in [3.63, 3.8) is 0 Å². The largest absolute Gasteiger partial charge is 0.497 e. The van der Waals surface area contributed by atoms with Gasteiger partial charge in [-0.15, -0.1) is 0 Å².